The summed E-state index contributed by atoms with van der Waals surface area (Å²) in [6.45, 7) is 10.5. The van der Waals surface area contributed by atoms with Crippen LogP contribution in [0.25, 0.3) is 11.0 Å². The maximum Gasteiger partial charge on any atom is 0.297 e. The smallest absolute Gasteiger partial charge is 0.297 e. The molecule has 394 valence electrons. The summed E-state index contributed by atoms with van der Waals surface area (Å²) in [7, 11) is -8.08. The summed E-state index contributed by atoms with van der Waals surface area (Å²) in [5.41, 5.74) is 2.12. The molecule has 1 amide bonds. The zero-order valence-corrected chi connectivity index (χ0v) is 43.4. The number of sulfonamides is 2. The molecular formula is C53H63FN8O10S2. The number of hydrogen-bond acceptors (Lipinski definition) is 14. The Bertz CT molecular complexity index is 3230. The van der Waals surface area contributed by atoms with E-state index in [1.807, 2.05) is 0 Å². The summed E-state index contributed by atoms with van der Waals surface area (Å²) < 4.78 is 86.0. The Morgan fingerprint density at radius 1 is 0.986 bits per heavy atom. The van der Waals surface area contributed by atoms with E-state index in [0.29, 0.717) is 63.5 Å². The fraction of sp³-hybridized carbons (Fsp3) is 0.509. The van der Waals surface area contributed by atoms with Crippen molar-refractivity contribution >= 4 is 54.0 Å². The molecular weight excluding hydrogens is 992 g/mol. The number of piperidine rings is 2. The lowest BCUT2D eigenvalue weighted by molar-refractivity contribution is -0.384. The molecule has 2 aliphatic carbocycles. The van der Waals surface area contributed by atoms with Gasteiger partial charge in [0.15, 0.2) is 11.4 Å². The molecule has 6 heterocycles. The number of anilines is 2. The van der Waals surface area contributed by atoms with Gasteiger partial charge in [0.05, 0.1) is 43.9 Å². The number of nitrogens with one attached hydrogen (secondary N) is 3. The van der Waals surface area contributed by atoms with Crippen molar-refractivity contribution in [3.8, 4) is 17.2 Å². The van der Waals surface area contributed by atoms with Gasteiger partial charge in [-0.15, -0.1) is 0 Å². The second kappa shape index (κ2) is 19.1. The molecule has 2 aromatic heterocycles. The molecule has 3 atom stereocenters. The SMILES string of the molecule is CC(C)c1ccccc1[C@H]1CN(S(=O)(=O)C2CC2)CC[C@H]1N1CC2(CCN(c3ccc(C(=O)NS(=O)(=O)c4cc5c(c([N+](=O)[O-])c4)N[C@@H]([C@H]4CC[C@](C)(O)CC4)CO5)c(Oc4cnc5[nH]cc(F)c5c4)c3)CC2)C1. The summed E-state index contributed by atoms with van der Waals surface area (Å²) in [5, 5.41) is 26.0. The number of aliphatic hydroxyl groups is 1. The van der Waals surface area contributed by atoms with Crippen LogP contribution in [0.1, 0.15) is 112 Å². The Kier molecular flexibility index (Phi) is 12.9. The van der Waals surface area contributed by atoms with Gasteiger partial charge in [0.2, 0.25) is 10.0 Å². The number of fused-ring (bicyclic) bond motifs is 2. The largest absolute Gasteiger partial charge is 0.489 e. The molecule has 1 spiro atoms. The molecule has 3 aromatic carbocycles. The van der Waals surface area contributed by atoms with Crippen LogP contribution < -0.4 is 24.4 Å². The second-order valence-corrected chi connectivity index (χ2v) is 26.0. The summed E-state index contributed by atoms with van der Waals surface area (Å²) in [6.07, 6.45) is 9.04. The first-order chi connectivity index (χ1) is 35.3. The number of halogens is 1. The zero-order chi connectivity index (χ0) is 51.9. The van der Waals surface area contributed by atoms with Gasteiger partial charge in [0.25, 0.3) is 21.6 Å². The minimum absolute atomic E-state index is 0.0237. The first-order valence-electron chi connectivity index (χ1n) is 25.8. The number of carbonyl (C=O) groups excluding carboxylic acids is 1. The van der Waals surface area contributed by atoms with Gasteiger partial charge >= 0.3 is 0 Å². The van der Waals surface area contributed by atoms with Crippen LogP contribution in [-0.2, 0) is 20.0 Å². The third-order valence-corrected chi connectivity index (χ3v) is 20.4. The van der Waals surface area contributed by atoms with E-state index in [0.717, 1.165) is 57.3 Å². The van der Waals surface area contributed by atoms with E-state index in [4.69, 9.17) is 9.47 Å². The van der Waals surface area contributed by atoms with Crippen LogP contribution in [0.3, 0.4) is 0 Å². The number of nitro groups is 1. The van der Waals surface area contributed by atoms with Gasteiger partial charge in [-0.2, -0.15) is 0 Å². The van der Waals surface area contributed by atoms with E-state index >= 15 is 0 Å². The topological polar surface area (TPSA) is 230 Å². The molecule has 5 aromatic rings. The van der Waals surface area contributed by atoms with E-state index in [1.165, 1.54) is 35.7 Å². The number of nitrogens with zero attached hydrogens (tertiary/aromatic N) is 5. The summed E-state index contributed by atoms with van der Waals surface area (Å²) in [5.74, 6) is -1.20. The molecule has 5 fully saturated rings. The van der Waals surface area contributed by atoms with Gasteiger partial charge < -0.3 is 29.8 Å². The standard InChI is InChI=1S/C53H63FN8O10S2/c1-32(2)38-6-4-5-7-39(38)42-28-61(74(69,70)36-9-10-36)19-14-45(42)60-30-53(31-60)17-20-59(21-18-53)34-8-11-40(47(22-34)72-35-23-41-43(54)27-56-50(41)55-26-35)51(63)58-73(67,68)37-24-46(62(65)66)49-48(25-37)71-29-44(57-49)33-12-15-52(3,64)16-13-33/h4-8,11,22-27,32-33,36,42,44-45,57,64H,9-10,12-21,28-31H2,1-3H3,(H,55,56)(H,58,63)/t33-,42-,44-,45-,52-/m1/s1. The van der Waals surface area contributed by atoms with Crippen molar-refractivity contribution in [2.45, 2.75) is 118 Å². The molecule has 0 radical (unpaired) electrons. The Balaban J connectivity index is 0.809. The van der Waals surface area contributed by atoms with Crippen LogP contribution in [0, 0.1) is 27.3 Å². The zero-order valence-electron chi connectivity index (χ0n) is 41.8. The third-order valence-electron chi connectivity index (χ3n) is 16.7. The predicted octanol–water partition coefficient (Wildman–Crippen LogP) is 8.01. The Morgan fingerprint density at radius 2 is 1.73 bits per heavy atom. The molecule has 4 aliphatic heterocycles. The molecule has 74 heavy (non-hydrogen) atoms. The number of hydrogen-bond donors (Lipinski definition) is 4. The molecule has 0 unspecified atom stereocenters. The maximum absolute atomic E-state index is 14.7. The number of aromatic amines is 1. The molecule has 11 rings (SSSR count). The van der Waals surface area contributed by atoms with Gasteiger partial charge in [0, 0.05) is 81.3 Å². The first kappa shape index (κ1) is 50.3. The lowest BCUT2D eigenvalue weighted by atomic mass is 9.69. The Labute approximate surface area is 430 Å². The summed E-state index contributed by atoms with van der Waals surface area (Å²) in [4.78, 5) is 37.1. The van der Waals surface area contributed by atoms with Crippen LogP contribution in [0.5, 0.6) is 17.2 Å². The summed E-state index contributed by atoms with van der Waals surface area (Å²) in [6, 6.07) is 16.7. The number of carbonyl (C=O) groups is 1. The number of pyridine rings is 1. The normalized spacial score (nSPS) is 25.5. The van der Waals surface area contributed by atoms with Crippen molar-refractivity contribution in [3.05, 3.63) is 106 Å². The summed E-state index contributed by atoms with van der Waals surface area (Å²) >= 11 is 0. The highest BCUT2D eigenvalue weighted by atomic mass is 32.2. The lowest BCUT2D eigenvalue weighted by Crippen LogP contribution is -2.65. The van der Waals surface area contributed by atoms with Gasteiger partial charge in [-0.3, -0.25) is 19.8 Å². The highest BCUT2D eigenvalue weighted by molar-refractivity contribution is 7.90. The number of likely N-dealkylation sites (tertiary alicyclic amines) is 1. The van der Waals surface area contributed by atoms with Gasteiger partial charge in [0.1, 0.15) is 29.6 Å². The number of benzene rings is 3. The number of H-pyrrole nitrogens is 1. The third kappa shape index (κ3) is 9.69. The van der Waals surface area contributed by atoms with Crippen LogP contribution in [-0.4, -0.2) is 121 Å². The van der Waals surface area contributed by atoms with Crippen molar-refractivity contribution in [2.24, 2.45) is 11.3 Å². The number of ether oxygens (including phenoxy) is 2. The quantitative estimate of drug-likeness (QED) is 0.0647. The van der Waals surface area contributed by atoms with E-state index in [-0.39, 0.29) is 80.7 Å². The first-order valence-corrected chi connectivity index (χ1v) is 28.8. The van der Waals surface area contributed by atoms with E-state index in [9.17, 15) is 41.2 Å². The van der Waals surface area contributed by atoms with E-state index in [1.54, 1.807) is 23.4 Å². The van der Waals surface area contributed by atoms with Crippen LogP contribution in [0.15, 0.2) is 78.0 Å². The molecule has 4 N–H and O–H groups in total. The molecule has 0 bridgehead atoms. The van der Waals surface area contributed by atoms with Gasteiger partial charge in [-0.25, -0.2) is 35.2 Å². The van der Waals surface area contributed by atoms with Gasteiger partial charge in [-0.05, 0) is 111 Å². The van der Waals surface area contributed by atoms with Crippen molar-refractivity contribution in [1.82, 2.24) is 23.9 Å². The van der Waals surface area contributed by atoms with Crippen LogP contribution >= 0.6 is 0 Å². The second-order valence-electron chi connectivity index (χ2n) is 22.1. The minimum atomic E-state index is -4.75. The van der Waals surface area contributed by atoms with E-state index < -0.39 is 52.9 Å². The number of amides is 1. The number of nitro benzene ring substituents is 1. The van der Waals surface area contributed by atoms with Crippen molar-refractivity contribution in [1.29, 1.82) is 0 Å². The minimum Gasteiger partial charge on any atom is -0.489 e. The average molecular weight is 1060 g/mol. The number of aromatic nitrogens is 2. The lowest BCUT2D eigenvalue weighted by Gasteiger charge is -2.59. The Hall–Kier alpha value is -5.87. The van der Waals surface area contributed by atoms with Crippen molar-refractivity contribution < 1.29 is 45.5 Å². The highest BCUT2D eigenvalue weighted by Crippen LogP contribution is 2.48. The molecule has 2 saturated carbocycles. The Morgan fingerprint density at radius 3 is 2.45 bits per heavy atom. The monoisotopic (exact) mass is 1050 g/mol. The fourth-order valence-corrected chi connectivity index (χ4v) is 15.1. The molecule has 21 heteroatoms. The molecule has 6 aliphatic rings. The number of rotatable bonds is 13. The maximum atomic E-state index is 14.7. The van der Waals surface area contributed by atoms with Gasteiger partial charge in [-0.1, -0.05) is 38.1 Å². The fourth-order valence-electron chi connectivity index (χ4n) is 12.2. The molecule has 18 nitrogen and oxygen atoms in total. The predicted molar refractivity (Wildman–Crippen MR) is 276 cm³/mol. The van der Waals surface area contributed by atoms with Crippen molar-refractivity contribution in [3.63, 3.8) is 0 Å². The average Bonchev–Trinajstić information content (AvgIpc) is 4.18. The van der Waals surface area contributed by atoms with Crippen molar-refractivity contribution in [2.75, 3.05) is 56.1 Å². The van der Waals surface area contributed by atoms with Crippen LogP contribution in [0.2, 0.25) is 0 Å². The highest BCUT2D eigenvalue weighted by Gasteiger charge is 2.51. The molecule has 3 saturated heterocycles. The van der Waals surface area contributed by atoms with Crippen LogP contribution in [0.4, 0.5) is 21.5 Å². The van der Waals surface area contributed by atoms with E-state index in [2.05, 4.69) is 67.9 Å².